The monoisotopic (exact) mass is 259 g/mol. The summed E-state index contributed by atoms with van der Waals surface area (Å²) in [7, 11) is 0. The van der Waals surface area contributed by atoms with Crippen LogP contribution in [0.5, 0.6) is 0 Å². The number of carbonyl (C=O) groups excluding carboxylic acids is 1. The van der Waals surface area contributed by atoms with Gasteiger partial charge in [0.25, 0.3) is 0 Å². The molecule has 0 bridgehead atoms. The highest BCUT2D eigenvalue weighted by Crippen LogP contribution is 2.21. The van der Waals surface area contributed by atoms with E-state index in [4.69, 9.17) is 5.11 Å². The van der Waals surface area contributed by atoms with Crippen molar-refractivity contribution in [1.29, 1.82) is 0 Å². The predicted molar refractivity (Wildman–Crippen MR) is 76.5 cm³/mol. The number of nitrogens with zero attached hydrogens (tertiary/aromatic N) is 1. The van der Waals surface area contributed by atoms with Gasteiger partial charge in [0.05, 0.1) is 0 Å². The van der Waals surface area contributed by atoms with Crippen molar-refractivity contribution >= 4 is 12.0 Å². The van der Waals surface area contributed by atoms with E-state index >= 15 is 0 Å². The van der Waals surface area contributed by atoms with Crippen molar-refractivity contribution in [3.05, 3.63) is 42.0 Å². The Labute approximate surface area is 114 Å². The van der Waals surface area contributed by atoms with Gasteiger partial charge in [-0.25, -0.2) is 0 Å². The molecule has 0 saturated carbocycles. The number of amides is 1. The minimum atomic E-state index is 0.0873. The molecule has 1 heterocycles. The number of hydrogen-bond acceptors (Lipinski definition) is 2. The summed E-state index contributed by atoms with van der Waals surface area (Å²) in [5, 5.41) is 8.89. The molecule has 1 aliphatic rings. The molecule has 2 rings (SSSR count). The first-order valence-electron chi connectivity index (χ1n) is 6.96. The zero-order valence-electron chi connectivity index (χ0n) is 11.2. The molecule has 1 saturated heterocycles. The van der Waals surface area contributed by atoms with E-state index in [9.17, 15) is 4.79 Å². The van der Waals surface area contributed by atoms with Crippen molar-refractivity contribution < 1.29 is 9.90 Å². The fourth-order valence-corrected chi connectivity index (χ4v) is 2.58. The van der Waals surface area contributed by atoms with Crippen LogP contribution >= 0.6 is 0 Å². The van der Waals surface area contributed by atoms with Crippen molar-refractivity contribution in [2.24, 2.45) is 0 Å². The lowest BCUT2D eigenvalue weighted by atomic mass is 10.1. The SMILES string of the molecule is O=C(C=Cc1ccccc1)N1CCCC1CCCO. The highest BCUT2D eigenvalue weighted by Gasteiger charge is 2.26. The standard InChI is InChI=1S/C16H21NO2/c18-13-5-9-15-8-4-12-17(15)16(19)11-10-14-6-2-1-3-7-14/h1-3,6-7,10-11,15,18H,4-5,8-9,12-13H2. The molecule has 1 N–H and O–H groups in total. The van der Waals surface area contributed by atoms with Gasteiger partial charge in [-0.3, -0.25) is 4.79 Å². The van der Waals surface area contributed by atoms with Crippen LogP contribution in [-0.2, 0) is 4.79 Å². The van der Waals surface area contributed by atoms with E-state index in [2.05, 4.69) is 0 Å². The van der Waals surface area contributed by atoms with Crippen LogP contribution in [0.4, 0.5) is 0 Å². The third-order valence-corrected chi connectivity index (χ3v) is 3.57. The molecule has 1 aliphatic heterocycles. The summed E-state index contributed by atoms with van der Waals surface area (Å²) in [5.74, 6) is 0.0873. The molecule has 1 amide bonds. The summed E-state index contributed by atoms with van der Waals surface area (Å²) in [5.41, 5.74) is 1.04. The molecule has 19 heavy (non-hydrogen) atoms. The van der Waals surface area contributed by atoms with Gasteiger partial charge in [-0.1, -0.05) is 30.3 Å². The summed E-state index contributed by atoms with van der Waals surface area (Å²) in [6.07, 6.45) is 7.33. The Morgan fingerprint density at radius 2 is 2.16 bits per heavy atom. The van der Waals surface area contributed by atoms with Crippen LogP contribution in [0.25, 0.3) is 6.08 Å². The summed E-state index contributed by atoms with van der Waals surface area (Å²) < 4.78 is 0. The number of carbonyl (C=O) groups is 1. The van der Waals surface area contributed by atoms with Crippen molar-refractivity contribution in [2.75, 3.05) is 13.2 Å². The van der Waals surface area contributed by atoms with Gasteiger partial charge in [0.1, 0.15) is 0 Å². The van der Waals surface area contributed by atoms with Gasteiger partial charge >= 0.3 is 0 Å². The molecule has 1 atom stereocenters. The lowest BCUT2D eigenvalue weighted by Gasteiger charge is -2.23. The number of aliphatic hydroxyl groups excluding tert-OH is 1. The molecule has 1 aromatic rings. The van der Waals surface area contributed by atoms with Gasteiger partial charge in [-0.2, -0.15) is 0 Å². The summed E-state index contributed by atoms with van der Waals surface area (Å²) in [6, 6.07) is 10.2. The van der Waals surface area contributed by atoms with Crippen LogP contribution in [0.2, 0.25) is 0 Å². The average molecular weight is 259 g/mol. The molecule has 102 valence electrons. The van der Waals surface area contributed by atoms with E-state index in [1.807, 2.05) is 41.3 Å². The molecule has 3 nitrogen and oxygen atoms in total. The zero-order valence-corrected chi connectivity index (χ0v) is 11.2. The van der Waals surface area contributed by atoms with Crippen LogP contribution in [0, 0.1) is 0 Å². The molecule has 0 aliphatic carbocycles. The van der Waals surface area contributed by atoms with Crippen LogP contribution < -0.4 is 0 Å². The number of hydrogen-bond donors (Lipinski definition) is 1. The van der Waals surface area contributed by atoms with Crippen molar-refractivity contribution in [3.8, 4) is 0 Å². The highest BCUT2D eigenvalue weighted by atomic mass is 16.3. The largest absolute Gasteiger partial charge is 0.396 e. The fraction of sp³-hybridized carbons (Fsp3) is 0.438. The number of benzene rings is 1. The fourth-order valence-electron chi connectivity index (χ4n) is 2.58. The maximum absolute atomic E-state index is 12.2. The Balaban J connectivity index is 1.93. The molecule has 1 unspecified atom stereocenters. The second kappa shape index (κ2) is 7.10. The first-order chi connectivity index (χ1) is 9.31. The maximum atomic E-state index is 12.2. The molecule has 3 heteroatoms. The van der Waals surface area contributed by atoms with Gasteiger partial charge in [-0.15, -0.1) is 0 Å². The topological polar surface area (TPSA) is 40.5 Å². The van der Waals surface area contributed by atoms with Crippen LogP contribution in [-0.4, -0.2) is 35.1 Å². The van der Waals surface area contributed by atoms with E-state index in [1.54, 1.807) is 6.08 Å². The second-order valence-corrected chi connectivity index (χ2v) is 4.94. The van der Waals surface area contributed by atoms with Gasteiger partial charge in [0, 0.05) is 25.3 Å². The van der Waals surface area contributed by atoms with E-state index < -0.39 is 0 Å². The minimum Gasteiger partial charge on any atom is -0.396 e. The lowest BCUT2D eigenvalue weighted by molar-refractivity contribution is -0.126. The molecular formula is C16H21NO2. The van der Waals surface area contributed by atoms with Gasteiger partial charge in [0.2, 0.25) is 5.91 Å². The van der Waals surface area contributed by atoms with Gasteiger partial charge in [0.15, 0.2) is 0 Å². The average Bonchev–Trinajstić information content (AvgIpc) is 2.92. The van der Waals surface area contributed by atoms with Gasteiger partial charge < -0.3 is 10.0 Å². The lowest BCUT2D eigenvalue weighted by Crippen LogP contribution is -2.34. The zero-order chi connectivity index (χ0) is 13.5. The predicted octanol–water partition coefficient (Wildman–Crippen LogP) is 2.46. The smallest absolute Gasteiger partial charge is 0.246 e. The summed E-state index contributed by atoms with van der Waals surface area (Å²) >= 11 is 0. The number of rotatable bonds is 5. The van der Waals surface area contributed by atoms with Crippen LogP contribution in [0.1, 0.15) is 31.2 Å². The summed E-state index contributed by atoms with van der Waals surface area (Å²) in [4.78, 5) is 14.1. The molecule has 0 aromatic heterocycles. The molecule has 0 radical (unpaired) electrons. The molecule has 0 spiro atoms. The second-order valence-electron chi connectivity index (χ2n) is 4.94. The Morgan fingerprint density at radius 3 is 2.89 bits per heavy atom. The Morgan fingerprint density at radius 1 is 1.37 bits per heavy atom. The van der Waals surface area contributed by atoms with Crippen molar-refractivity contribution in [2.45, 2.75) is 31.7 Å². The first-order valence-corrected chi connectivity index (χ1v) is 6.96. The van der Waals surface area contributed by atoms with Gasteiger partial charge in [-0.05, 0) is 37.3 Å². The Bertz CT molecular complexity index is 428. The minimum absolute atomic E-state index is 0.0873. The van der Waals surface area contributed by atoms with Crippen LogP contribution in [0.3, 0.4) is 0 Å². The van der Waals surface area contributed by atoms with E-state index in [0.29, 0.717) is 6.04 Å². The van der Waals surface area contributed by atoms with Crippen molar-refractivity contribution in [3.63, 3.8) is 0 Å². The highest BCUT2D eigenvalue weighted by molar-refractivity contribution is 5.92. The van der Waals surface area contributed by atoms with E-state index in [-0.39, 0.29) is 12.5 Å². The Hall–Kier alpha value is -1.61. The summed E-state index contributed by atoms with van der Waals surface area (Å²) in [6.45, 7) is 1.05. The number of likely N-dealkylation sites (tertiary alicyclic amines) is 1. The van der Waals surface area contributed by atoms with Crippen LogP contribution in [0.15, 0.2) is 36.4 Å². The maximum Gasteiger partial charge on any atom is 0.246 e. The normalized spacial score (nSPS) is 19.2. The first kappa shape index (κ1) is 13.8. The molecule has 1 aromatic carbocycles. The molecular weight excluding hydrogens is 238 g/mol. The third kappa shape index (κ3) is 3.93. The number of aliphatic hydroxyl groups is 1. The molecule has 1 fully saturated rings. The van der Waals surface area contributed by atoms with E-state index in [0.717, 1.165) is 37.8 Å². The van der Waals surface area contributed by atoms with E-state index in [1.165, 1.54) is 0 Å². The Kier molecular flexibility index (Phi) is 5.16. The third-order valence-electron chi connectivity index (χ3n) is 3.57. The quantitative estimate of drug-likeness (QED) is 0.825. The van der Waals surface area contributed by atoms with Crippen molar-refractivity contribution in [1.82, 2.24) is 4.90 Å².